The van der Waals surface area contributed by atoms with Gasteiger partial charge in [0.1, 0.15) is 6.54 Å². The molecule has 0 atom stereocenters. The van der Waals surface area contributed by atoms with Crippen LogP contribution in [0.15, 0.2) is 10.5 Å². The van der Waals surface area contributed by atoms with Crippen LogP contribution in [0.5, 0.6) is 0 Å². The summed E-state index contributed by atoms with van der Waals surface area (Å²) >= 11 is 0. The summed E-state index contributed by atoms with van der Waals surface area (Å²) in [6, 6.07) is 1.39. The van der Waals surface area contributed by atoms with Crippen LogP contribution < -0.4 is 0 Å². The number of nitro groups is 1. The highest BCUT2D eigenvalue weighted by atomic mass is 16.6. The van der Waals surface area contributed by atoms with Crippen molar-refractivity contribution in [3.05, 3.63) is 33.7 Å². The van der Waals surface area contributed by atoms with Gasteiger partial charge in [0.25, 0.3) is 0 Å². The van der Waals surface area contributed by atoms with Crippen molar-refractivity contribution in [3.63, 3.8) is 0 Å². The molecular weight excluding hydrogens is 214 g/mol. The molecule has 0 saturated heterocycles. The van der Waals surface area contributed by atoms with Crippen LogP contribution in [-0.4, -0.2) is 24.9 Å². The van der Waals surface area contributed by atoms with E-state index in [1.807, 2.05) is 0 Å². The smallest absolute Gasteiger partial charge is 0.390 e. The standard InChI is InChI=1S/C8H9N5O3/c1-5-3-7(13(14)15)11-12(5)4-8-10-9-6(2)16-8/h3H,4H2,1-2H3. The number of aryl methyl sites for hydroxylation is 2. The topological polar surface area (TPSA) is 99.9 Å². The molecule has 84 valence electrons. The first-order valence-corrected chi connectivity index (χ1v) is 4.54. The van der Waals surface area contributed by atoms with Crippen LogP contribution in [0, 0.1) is 24.0 Å². The monoisotopic (exact) mass is 223 g/mol. The maximum Gasteiger partial charge on any atom is 0.390 e. The first kappa shape index (κ1) is 10.3. The molecule has 2 aromatic heterocycles. The third-order valence-corrected chi connectivity index (χ3v) is 2.01. The Bertz CT molecular complexity index is 530. The summed E-state index contributed by atoms with van der Waals surface area (Å²) in [5, 5.41) is 21.8. The Morgan fingerprint density at radius 2 is 2.25 bits per heavy atom. The average Bonchev–Trinajstić information content (AvgIpc) is 2.75. The van der Waals surface area contributed by atoms with Crippen molar-refractivity contribution in [2.24, 2.45) is 0 Å². The van der Waals surface area contributed by atoms with Gasteiger partial charge in [0, 0.05) is 6.92 Å². The lowest BCUT2D eigenvalue weighted by molar-refractivity contribution is -0.389. The van der Waals surface area contributed by atoms with Crippen molar-refractivity contribution in [2.45, 2.75) is 20.4 Å². The molecule has 0 radical (unpaired) electrons. The fraction of sp³-hybridized carbons (Fsp3) is 0.375. The van der Waals surface area contributed by atoms with E-state index >= 15 is 0 Å². The van der Waals surface area contributed by atoms with Gasteiger partial charge in [0.2, 0.25) is 11.8 Å². The Kier molecular flexibility index (Phi) is 2.39. The first-order valence-electron chi connectivity index (χ1n) is 4.54. The molecule has 2 rings (SSSR count). The number of nitrogens with zero attached hydrogens (tertiary/aromatic N) is 5. The van der Waals surface area contributed by atoms with Crippen LogP contribution >= 0.6 is 0 Å². The van der Waals surface area contributed by atoms with Gasteiger partial charge >= 0.3 is 5.82 Å². The quantitative estimate of drug-likeness (QED) is 0.564. The average molecular weight is 223 g/mol. The molecule has 0 N–H and O–H groups in total. The van der Waals surface area contributed by atoms with E-state index in [2.05, 4.69) is 15.3 Å². The van der Waals surface area contributed by atoms with Crippen LogP contribution in [0.1, 0.15) is 17.5 Å². The molecule has 0 saturated carbocycles. The first-order chi connectivity index (χ1) is 7.56. The van der Waals surface area contributed by atoms with Gasteiger partial charge in [-0.3, -0.25) is 0 Å². The van der Waals surface area contributed by atoms with Crippen LogP contribution in [0.3, 0.4) is 0 Å². The summed E-state index contributed by atoms with van der Waals surface area (Å²) in [4.78, 5) is 9.96. The van der Waals surface area contributed by atoms with Crippen molar-refractivity contribution in [3.8, 4) is 0 Å². The van der Waals surface area contributed by atoms with Crippen LogP contribution in [-0.2, 0) is 6.54 Å². The van der Waals surface area contributed by atoms with Gasteiger partial charge < -0.3 is 14.5 Å². The van der Waals surface area contributed by atoms with Crippen LogP contribution in [0.4, 0.5) is 5.82 Å². The SMILES string of the molecule is Cc1nnc(Cn2nc([N+](=O)[O-])cc2C)o1. The number of rotatable bonds is 3. The second-order valence-corrected chi connectivity index (χ2v) is 3.27. The molecule has 8 heteroatoms. The molecule has 0 amide bonds. The van der Waals surface area contributed by atoms with Gasteiger partial charge in [-0.15, -0.1) is 10.2 Å². The van der Waals surface area contributed by atoms with Gasteiger partial charge in [-0.25, -0.2) is 0 Å². The van der Waals surface area contributed by atoms with Crippen molar-refractivity contribution >= 4 is 5.82 Å². The summed E-state index contributed by atoms with van der Waals surface area (Å²) in [6.07, 6.45) is 0. The number of aromatic nitrogens is 4. The Morgan fingerprint density at radius 3 is 2.75 bits per heavy atom. The normalized spacial score (nSPS) is 10.6. The molecule has 0 aliphatic rings. The van der Waals surface area contributed by atoms with Gasteiger partial charge in [0.05, 0.1) is 16.9 Å². The summed E-state index contributed by atoms with van der Waals surface area (Å²) < 4.78 is 6.61. The molecule has 16 heavy (non-hydrogen) atoms. The zero-order valence-corrected chi connectivity index (χ0v) is 8.75. The minimum absolute atomic E-state index is 0.186. The molecular formula is C8H9N5O3. The maximum absolute atomic E-state index is 10.5. The minimum Gasteiger partial charge on any atom is -0.423 e. The zero-order chi connectivity index (χ0) is 11.7. The van der Waals surface area contributed by atoms with E-state index in [9.17, 15) is 10.1 Å². The highest BCUT2D eigenvalue weighted by molar-refractivity contribution is 5.21. The summed E-state index contributed by atoms with van der Waals surface area (Å²) in [5.74, 6) is 0.640. The summed E-state index contributed by atoms with van der Waals surface area (Å²) in [6.45, 7) is 3.64. The predicted octanol–water partition coefficient (Wildman–Crippen LogP) is 0.839. The third-order valence-electron chi connectivity index (χ3n) is 2.01. The second kappa shape index (κ2) is 3.72. The van der Waals surface area contributed by atoms with E-state index in [4.69, 9.17) is 4.42 Å². The molecule has 2 aromatic rings. The Morgan fingerprint density at radius 1 is 1.50 bits per heavy atom. The van der Waals surface area contributed by atoms with Crippen LogP contribution in [0.2, 0.25) is 0 Å². The van der Waals surface area contributed by atoms with Gasteiger partial charge in [0.15, 0.2) is 0 Å². The highest BCUT2D eigenvalue weighted by Gasteiger charge is 2.17. The van der Waals surface area contributed by atoms with Crippen molar-refractivity contribution < 1.29 is 9.34 Å². The zero-order valence-electron chi connectivity index (χ0n) is 8.75. The molecule has 0 spiro atoms. The lowest BCUT2D eigenvalue weighted by atomic mass is 10.4. The van der Waals surface area contributed by atoms with Crippen molar-refractivity contribution in [2.75, 3.05) is 0 Å². The van der Waals surface area contributed by atoms with E-state index in [1.165, 1.54) is 10.7 Å². The number of hydrogen-bond donors (Lipinski definition) is 0. The fourth-order valence-electron chi connectivity index (χ4n) is 1.27. The van der Waals surface area contributed by atoms with Crippen LogP contribution in [0.25, 0.3) is 0 Å². The van der Waals surface area contributed by atoms with Crippen molar-refractivity contribution in [1.82, 2.24) is 20.0 Å². The van der Waals surface area contributed by atoms with E-state index in [-0.39, 0.29) is 12.4 Å². The Hall–Kier alpha value is -2.25. The molecule has 0 bridgehead atoms. The largest absolute Gasteiger partial charge is 0.423 e. The minimum atomic E-state index is -0.539. The Balaban J connectivity index is 2.24. The van der Waals surface area contributed by atoms with E-state index in [0.29, 0.717) is 17.5 Å². The molecule has 2 heterocycles. The Labute approximate surface area is 90.0 Å². The third kappa shape index (κ3) is 1.90. The molecule has 0 aliphatic carbocycles. The fourth-order valence-corrected chi connectivity index (χ4v) is 1.27. The summed E-state index contributed by atoms with van der Waals surface area (Å²) in [5.41, 5.74) is 0.669. The second-order valence-electron chi connectivity index (χ2n) is 3.27. The van der Waals surface area contributed by atoms with Gasteiger partial charge in [-0.1, -0.05) is 0 Å². The van der Waals surface area contributed by atoms with Crippen molar-refractivity contribution in [1.29, 1.82) is 0 Å². The molecule has 0 aromatic carbocycles. The maximum atomic E-state index is 10.5. The molecule has 8 nitrogen and oxygen atoms in total. The lowest BCUT2D eigenvalue weighted by Gasteiger charge is -1.93. The van der Waals surface area contributed by atoms with Gasteiger partial charge in [-0.05, 0) is 11.8 Å². The summed E-state index contributed by atoms with van der Waals surface area (Å²) in [7, 11) is 0. The highest BCUT2D eigenvalue weighted by Crippen LogP contribution is 2.12. The number of hydrogen-bond acceptors (Lipinski definition) is 6. The predicted molar refractivity (Wildman–Crippen MR) is 51.8 cm³/mol. The van der Waals surface area contributed by atoms with E-state index in [0.717, 1.165) is 0 Å². The van der Waals surface area contributed by atoms with E-state index in [1.54, 1.807) is 13.8 Å². The van der Waals surface area contributed by atoms with Gasteiger partial charge in [-0.2, -0.15) is 4.68 Å². The van der Waals surface area contributed by atoms with E-state index < -0.39 is 4.92 Å². The molecule has 0 fully saturated rings. The molecule has 0 unspecified atom stereocenters. The molecule has 0 aliphatic heterocycles. The lowest BCUT2D eigenvalue weighted by Crippen LogP contribution is -2.04.